The second kappa shape index (κ2) is 6.77. The molecule has 0 fully saturated rings. The minimum absolute atomic E-state index is 0.00965. The highest BCUT2D eigenvalue weighted by molar-refractivity contribution is 5.90. The number of hydrogen-bond acceptors (Lipinski definition) is 6. The van der Waals surface area contributed by atoms with Gasteiger partial charge in [0.1, 0.15) is 5.69 Å². The molecule has 0 aromatic carbocycles. The Morgan fingerprint density at radius 2 is 2.29 bits per heavy atom. The van der Waals surface area contributed by atoms with E-state index in [1.807, 2.05) is 13.1 Å². The molecule has 0 atom stereocenters. The number of hydrogen-bond donors (Lipinski definition) is 0. The molecule has 0 saturated carbocycles. The third kappa shape index (κ3) is 3.12. The molecule has 0 bridgehead atoms. The maximum Gasteiger partial charge on any atom is 0.311 e. The zero-order valence-corrected chi connectivity index (χ0v) is 14.1. The van der Waals surface area contributed by atoms with E-state index in [-0.39, 0.29) is 17.7 Å². The predicted molar refractivity (Wildman–Crippen MR) is 88.5 cm³/mol. The zero-order chi connectivity index (χ0) is 17.1. The van der Waals surface area contributed by atoms with Crippen LogP contribution in [-0.2, 0) is 7.05 Å². The lowest BCUT2D eigenvalue weighted by molar-refractivity contribution is 0.0723. The van der Waals surface area contributed by atoms with Gasteiger partial charge in [-0.2, -0.15) is 5.10 Å². The van der Waals surface area contributed by atoms with Gasteiger partial charge in [-0.15, -0.1) is 10.2 Å². The Morgan fingerprint density at radius 1 is 1.46 bits per heavy atom. The van der Waals surface area contributed by atoms with E-state index in [2.05, 4.69) is 27.2 Å². The summed E-state index contributed by atoms with van der Waals surface area (Å²) in [5.41, 5.74) is 2.82. The van der Waals surface area contributed by atoms with Gasteiger partial charge < -0.3 is 9.32 Å². The molecule has 0 spiro atoms. The van der Waals surface area contributed by atoms with Crippen LogP contribution in [0.1, 0.15) is 37.4 Å². The summed E-state index contributed by atoms with van der Waals surface area (Å²) in [5, 5.41) is 11.9. The fraction of sp³-hybridized carbons (Fsp3) is 0.438. The van der Waals surface area contributed by atoms with Crippen molar-refractivity contribution in [1.82, 2.24) is 24.9 Å². The van der Waals surface area contributed by atoms with E-state index in [0.29, 0.717) is 18.8 Å². The molecule has 2 aromatic heterocycles. The van der Waals surface area contributed by atoms with Gasteiger partial charge in [0.05, 0.1) is 12.2 Å². The van der Waals surface area contributed by atoms with Crippen molar-refractivity contribution in [2.45, 2.75) is 26.7 Å². The van der Waals surface area contributed by atoms with Gasteiger partial charge in [0.25, 0.3) is 5.89 Å². The summed E-state index contributed by atoms with van der Waals surface area (Å²) in [6.45, 7) is 5.17. The molecule has 0 unspecified atom stereocenters. The molecule has 3 heterocycles. The molecular formula is C16H20N6O2. The molecule has 2 aromatic rings. The minimum atomic E-state index is -0.271. The molecule has 3 rings (SSSR count). The van der Waals surface area contributed by atoms with Crippen LogP contribution in [0.5, 0.6) is 0 Å². The van der Waals surface area contributed by atoms with Crippen molar-refractivity contribution in [1.29, 1.82) is 0 Å². The van der Waals surface area contributed by atoms with E-state index in [0.717, 1.165) is 18.5 Å². The van der Waals surface area contributed by atoms with E-state index in [9.17, 15) is 4.79 Å². The summed E-state index contributed by atoms with van der Waals surface area (Å²) in [6, 6.07) is 1.76. The molecule has 24 heavy (non-hydrogen) atoms. The summed E-state index contributed by atoms with van der Waals surface area (Å²) in [4.78, 5) is 18.8. The Hall–Kier alpha value is -2.77. The minimum Gasteiger partial charge on any atom is -0.411 e. The SMILES string of the molecule is CCC=NC1=C(C)CCN(C(=O)c2nnc(-c3ccnn3C)o2)C1. The number of aromatic nitrogens is 4. The molecule has 1 aliphatic heterocycles. The highest BCUT2D eigenvalue weighted by Gasteiger charge is 2.26. The largest absolute Gasteiger partial charge is 0.411 e. The van der Waals surface area contributed by atoms with Gasteiger partial charge in [0, 0.05) is 26.0 Å². The average Bonchev–Trinajstić information content (AvgIpc) is 3.22. The summed E-state index contributed by atoms with van der Waals surface area (Å²) in [5.74, 6) is 0.00324. The quantitative estimate of drug-likeness (QED) is 0.802. The number of rotatable bonds is 4. The van der Waals surface area contributed by atoms with Crippen LogP contribution >= 0.6 is 0 Å². The summed E-state index contributed by atoms with van der Waals surface area (Å²) >= 11 is 0. The van der Waals surface area contributed by atoms with Crippen LogP contribution in [0.2, 0.25) is 0 Å². The first-order valence-corrected chi connectivity index (χ1v) is 7.92. The van der Waals surface area contributed by atoms with E-state index in [1.54, 1.807) is 28.9 Å². The highest BCUT2D eigenvalue weighted by Crippen LogP contribution is 2.21. The summed E-state index contributed by atoms with van der Waals surface area (Å²) < 4.78 is 7.16. The lowest BCUT2D eigenvalue weighted by atomic mass is 10.1. The maximum atomic E-state index is 12.6. The van der Waals surface area contributed by atoms with Gasteiger partial charge in [0.2, 0.25) is 0 Å². The van der Waals surface area contributed by atoms with E-state index < -0.39 is 0 Å². The van der Waals surface area contributed by atoms with Crippen molar-refractivity contribution < 1.29 is 9.21 Å². The van der Waals surface area contributed by atoms with Gasteiger partial charge in [-0.25, -0.2) is 0 Å². The van der Waals surface area contributed by atoms with E-state index in [4.69, 9.17) is 4.42 Å². The first kappa shape index (κ1) is 16.1. The number of aryl methyl sites for hydroxylation is 1. The van der Waals surface area contributed by atoms with Gasteiger partial charge in [-0.1, -0.05) is 6.92 Å². The van der Waals surface area contributed by atoms with Crippen LogP contribution in [0.3, 0.4) is 0 Å². The predicted octanol–water partition coefficient (Wildman–Crippen LogP) is 2.07. The summed E-state index contributed by atoms with van der Waals surface area (Å²) in [7, 11) is 1.78. The number of carbonyl (C=O) groups is 1. The normalized spacial score (nSPS) is 15.5. The lowest BCUT2D eigenvalue weighted by Crippen LogP contribution is -2.36. The van der Waals surface area contributed by atoms with Crippen molar-refractivity contribution >= 4 is 12.1 Å². The molecule has 0 saturated heterocycles. The molecule has 126 valence electrons. The van der Waals surface area contributed by atoms with Crippen LogP contribution in [0.15, 0.2) is 32.9 Å². The van der Waals surface area contributed by atoms with Crippen molar-refractivity contribution in [2.24, 2.45) is 12.0 Å². The molecule has 1 aliphatic rings. The van der Waals surface area contributed by atoms with Gasteiger partial charge in [-0.3, -0.25) is 14.5 Å². The third-order valence-corrected chi connectivity index (χ3v) is 3.95. The van der Waals surface area contributed by atoms with Crippen LogP contribution in [0.4, 0.5) is 0 Å². The van der Waals surface area contributed by atoms with E-state index >= 15 is 0 Å². The standard InChI is InChI=1S/C16H20N6O2/c1-4-7-17-12-10-22(9-6-11(12)2)16(23)15-20-19-14(24-15)13-5-8-18-21(13)3/h5,7-8H,4,6,9-10H2,1-3H3. The number of aliphatic imine (C=N–C) groups is 1. The Morgan fingerprint density at radius 3 is 3.00 bits per heavy atom. The monoisotopic (exact) mass is 328 g/mol. The first-order chi connectivity index (χ1) is 11.6. The molecule has 1 amide bonds. The smallest absolute Gasteiger partial charge is 0.311 e. The van der Waals surface area contributed by atoms with Gasteiger partial charge >= 0.3 is 11.8 Å². The molecule has 0 aliphatic carbocycles. The second-order valence-electron chi connectivity index (χ2n) is 5.68. The van der Waals surface area contributed by atoms with Crippen molar-refractivity contribution in [3.8, 4) is 11.6 Å². The molecule has 8 nitrogen and oxygen atoms in total. The fourth-order valence-electron chi connectivity index (χ4n) is 2.50. The third-order valence-electron chi connectivity index (χ3n) is 3.95. The molecule has 0 radical (unpaired) electrons. The van der Waals surface area contributed by atoms with E-state index in [1.165, 1.54) is 5.57 Å². The van der Waals surface area contributed by atoms with Gasteiger partial charge in [0.15, 0.2) is 0 Å². The summed E-state index contributed by atoms with van der Waals surface area (Å²) in [6.07, 6.45) is 5.16. The highest BCUT2D eigenvalue weighted by atomic mass is 16.4. The van der Waals surface area contributed by atoms with Crippen LogP contribution < -0.4 is 0 Å². The Kier molecular flexibility index (Phi) is 4.54. The fourth-order valence-corrected chi connectivity index (χ4v) is 2.50. The Balaban J connectivity index is 1.77. The number of nitrogens with zero attached hydrogens (tertiary/aromatic N) is 6. The molecule has 0 N–H and O–H groups in total. The zero-order valence-electron chi connectivity index (χ0n) is 14.1. The van der Waals surface area contributed by atoms with Gasteiger partial charge in [-0.05, 0) is 31.4 Å². The maximum absolute atomic E-state index is 12.6. The first-order valence-electron chi connectivity index (χ1n) is 7.92. The molecule has 8 heteroatoms. The topological polar surface area (TPSA) is 89.4 Å². The average molecular weight is 328 g/mol. The van der Waals surface area contributed by atoms with Crippen LogP contribution in [0.25, 0.3) is 11.6 Å². The Bertz CT molecular complexity index is 801. The van der Waals surface area contributed by atoms with Crippen LogP contribution in [0, 0.1) is 0 Å². The second-order valence-corrected chi connectivity index (χ2v) is 5.68. The Labute approximate surface area is 139 Å². The van der Waals surface area contributed by atoms with Crippen LogP contribution in [-0.4, -0.2) is 50.1 Å². The van der Waals surface area contributed by atoms with Crippen molar-refractivity contribution in [3.63, 3.8) is 0 Å². The number of carbonyl (C=O) groups excluding carboxylic acids is 1. The lowest BCUT2D eigenvalue weighted by Gasteiger charge is -2.27. The number of amides is 1. The molecular weight excluding hydrogens is 308 g/mol. The van der Waals surface area contributed by atoms with Crippen molar-refractivity contribution in [3.05, 3.63) is 29.4 Å². The van der Waals surface area contributed by atoms with Crippen molar-refractivity contribution in [2.75, 3.05) is 13.1 Å².